The van der Waals surface area contributed by atoms with Crippen molar-refractivity contribution in [2.45, 2.75) is 44.6 Å². The number of hydrogen-bond donors (Lipinski definition) is 1. The Labute approximate surface area is 154 Å². The normalized spacial score (nSPS) is 31.2. The van der Waals surface area contributed by atoms with Gasteiger partial charge in [0.25, 0.3) is 0 Å². The lowest BCUT2D eigenvalue weighted by molar-refractivity contribution is -0.254. The zero-order valence-corrected chi connectivity index (χ0v) is 15.1. The zero-order valence-electron chi connectivity index (χ0n) is 15.1. The molecule has 3 aliphatic rings. The molecule has 0 aromatic heterocycles. The molecule has 5 atom stereocenters. The minimum absolute atomic E-state index is 0.189. The summed E-state index contributed by atoms with van der Waals surface area (Å²) in [7, 11) is 0. The number of para-hydroxylation sites is 1. The van der Waals surface area contributed by atoms with E-state index in [2.05, 4.69) is 42.6 Å². The van der Waals surface area contributed by atoms with Gasteiger partial charge in [-0.2, -0.15) is 0 Å². The number of carbonyl (C=O) groups is 1. The number of carbonyl (C=O) groups excluding carboxylic acids is 1. The van der Waals surface area contributed by atoms with Crippen LogP contribution in [-0.2, 0) is 6.42 Å². The van der Waals surface area contributed by atoms with Crippen molar-refractivity contribution in [3.63, 3.8) is 0 Å². The summed E-state index contributed by atoms with van der Waals surface area (Å²) in [6.45, 7) is 2.17. The summed E-state index contributed by atoms with van der Waals surface area (Å²) in [5.41, 5.74) is 4.92. The second kappa shape index (κ2) is 5.87. The molecule has 1 N–H and O–H groups in total. The third kappa shape index (κ3) is 2.22. The molecule has 0 saturated heterocycles. The number of carboxylic acids is 1. The van der Waals surface area contributed by atoms with Crippen molar-refractivity contribution in [2.24, 2.45) is 17.8 Å². The number of benzene rings is 2. The van der Waals surface area contributed by atoms with Crippen molar-refractivity contribution in [3.05, 3.63) is 64.7 Å². The molecule has 2 aliphatic carbocycles. The maximum Gasteiger partial charge on any atom is 0.0736 e. The van der Waals surface area contributed by atoms with E-state index in [1.54, 1.807) is 6.07 Å². The number of rotatable bonds is 3. The number of hydrogen-bond acceptors (Lipinski definition) is 3. The van der Waals surface area contributed by atoms with Crippen LogP contribution in [0.25, 0.3) is 0 Å². The number of fused-ring (bicyclic) bond motifs is 7. The molecule has 5 rings (SSSR count). The Kier molecular flexibility index (Phi) is 3.59. The van der Waals surface area contributed by atoms with Crippen molar-refractivity contribution < 1.29 is 9.90 Å². The minimum atomic E-state index is -1.09. The van der Waals surface area contributed by atoms with Gasteiger partial charge < -0.3 is 15.2 Å². The van der Waals surface area contributed by atoms with Gasteiger partial charge in [-0.1, -0.05) is 49.4 Å². The third-order valence-electron chi connectivity index (χ3n) is 7.09. The summed E-state index contributed by atoms with van der Waals surface area (Å²) >= 11 is 0. The molecule has 2 saturated carbocycles. The Morgan fingerprint density at radius 3 is 2.62 bits per heavy atom. The average Bonchev–Trinajstić information content (AvgIpc) is 3.29. The summed E-state index contributed by atoms with van der Waals surface area (Å²) in [6, 6.07) is 14.7. The lowest BCUT2D eigenvalue weighted by Gasteiger charge is -2.44. The van der Waals surface area contributed by atoms with Crippen LogP contribution in [0, 0.1) is 17.8 Å². The number of aryl methyl sites for hydroxylation is 1. The smallest absolute Gasteiger partial charge is 0.0736 e. The van der Waals surface area contributed by atoms with Crippen molar-refractivity contribution in [2.75, 3.05) is 5.32 Å². The number of aromatic carboxylic acids is 1. The second-order valence-electron chi connectivity index (χ2n) is 8.21. The van der Waals surface area contributed by atoms with Crippen molar-refractivity contribution >= 4 is 11.7 Å². The molecule has 26 heavy (non-hydrogen) atoms. The molecular formula is C23H24NO2-. The highest BCUT2D eigenvalue weighted by Crippen LogP contribution is 2.63. The number of anilines is 1. The fourth-order valence-corrected chi connectivity index (χ4v) is 5.97. The first-order valence-electron chi connectivity index (χ1n) is 9.87. The third-order valence-corrected chi connectivity index (χ3v) is 7.09. The van der Waals surface area contributed by atoms with Crippen LogP contribution in [0.2, 0.25) is 0 Å². The number of carboxylic acid groups (broad SMARTS) is 1. The van der Waals surface area contributed by atoms with Crippen LogP contribution in [0.15, 0.2) is 42.5 Å². The van der Waals surface area contributed by atoms with Crippen LogP contribution in [0.5, 0.6) is 0 Å². The Bertz CT molecular complexity index is 857. The van der Waals surface area contributed by atoms with Crippen LogP contribution in [0.3, 0.4) is 0 Å². The van der Waals surface area contributed by atoms with Gasteiger partial charge in [-0.3, -0.25) is 0 Å². The molecule has 0 unspecified atom stereocenters. The van der Waals surface area contributed by atoms with Crippen molar-refractivity contribution in [1.29, 1.82) is 0 Å². The van der Waals surface area contributed by atoms with E-state index in [0.717, 1.165) is 18.0 Å². The van der Waals surface area contributed by atoms with E-state index in [-0.39, 0.29) is 6.04 Å². The van der Waals surface area contributed by atoms with Gasteiger partial charge in [0.05, 0.1) is 12.0 Å². The van der Waals surface area contributed by atoms with Crippen molar-refractivity contribution in [1.82, 2.24) is 0 Å². The van der Waals surface area contributed by atoms with Crippen LogP contribution in [0.4, 0.5) is 5.69 Å². The molecule has 3 nitrogen and oxygen atoms in total. The van der Waals surface area contributed by atoms with Gasteiger partial charge in [0.2, 0.25) is 0 Å². The predicted octanol–water partition coefficient (Wildman–Crippen LogP) is 3.91. The quantitative estimate of drug-likeness (QED) is 0.917. The first-order chi connectivity index (χ1) is 12.7. The molecule has 1 aliphatic heterocycles. The lowest BCUT2D eigenvalue weighted by atomic mass is 9.67. The minimum Gasteiger partial charge on any atom is -0.545 e. The second-order valence-corrected chi connectivity index (χ2v) is 8.21. The summed E-state index contributed by atoms with van der Waals surface area (Å²) in [5.74, 6) is 1.38. The maximum atomic E-state index is 11.7. The monoisotopic (exact) mass is 346 g/mol. The van der Waals surface area contributed by atoms with Gasteiger partial charge in [-0.25, -0.2) is 0 Å². The summed E-state index contributed by atoms with van der Waals surface area (Å²) in [5, 5.41) is 15.3. The van der Waals surface area contributed by atoms with E-state index < -0.39 is 5.97 Å². The highest BCUT2D eigenvalue weighted by molar-refractivity contribution is 5.94. The number of nitrogens with one attached hydrogen (secondary N) is 1. The molecule has 2 aromatic rings. The maximum absolute atomic E-state index is 11.7. The molecule has 0 radical (unpaired) electrons. The zero-order chi connectivity index (χ0) is 17.8. The molecule has 0 amide bonds. The molecule has 134 valence electrons. The van der Waals surface area contributed by atoms with Crippen LogP contribution < -0.4 is 10.4 Å². The SMILES string of the molecule is CCc1ccc([C@@H]2Nc3c(C(=O)[O-])cccc3[C@H]3[C@H]4CC[C@@H](C4)[C@H]32)cc1. The molecular weight excluding hydrogens is 322 g/mol. The fourth-order valence-electron chi connectivity index (χ4n) is 5.97. The van der Waals surface area contributed by atoms with Crippen LogP contribution >= 0.6 is 0 Å². The van der Waals surface area contributed by atoms with E-state index in [4.69, 9.17) is 0 Å². The summed E-state index contributed by atoms with van der Waals surface area (Å²) < 4.78 is 0. The summed E-state index contributed by atoms with van der Waals surface area (Å²) in [6.07, 6.45) is 4.91. The van der Waals surface area contributed by atoms with Gasteiger partial charge in [0, 0.05) is 11.3 Å². The molecule has 0 spiro atoms. The molecule has 2 fully saturated rings. The molecule has 2 aromatic carbocycles. The topological polar surface area (TPSA) is 52.2 Å². The highest BCUT2D eigenvalue weighted by Gasteiger charge is 2.54. The van der Waals surface area contributed by atoms with Gasteiger partial charge >= 0.3 is 0 Å². The van der Waals surface area contributed by atoms with Gasteiger partial charge in [-0.05, 0) is 66.0 Å². The first-order valence-corrected chi connectivity index (χ1v) is 9.87. The van der Waals surface area contributed by atoms with Crippen LogP contribution in [-0.4, -0.2) is 5.97 Å². The Morgan fingerprint density at radius 1 is 1.12 bits per heavy atom. The van der Waals surface area contributed by atoms with Gasteiger partial charge in [-0.15, -0.1) is 0 Å². The molecule has 1 heterocycles. The Morgan fingerprint density at radius 2 is 1.88 bits per heavy atom. The first kappa shape index (κ1) is 15.9. The Hall–Kier alpha value is -2.29. The standard InChI is InChI=1S/C23H25NO2/c1-2-13-6-8-14(9-7-13)21-20-16-11-10-15(12-16)19(20)17-4-3-5-18(23(25)26)22(17)24-21/h3-9,15-16,19-21,24H,2,10-12H2,1H3,(H,25,26)/p-1/t15-,16-,19+,20+,21-/m0/s1. The van der Waals surface area contributed by atoms with E-state index in [1.165, 1.54) is 36.0 Å². The summed E-state index contributed by atoms with van der Waals surface area (Å²) in [4.78, 5) is 11.7. The fraction of sp³-hybridized carbons (Fsp3) is 0.435. The Balaban J connectivity index is 1.64. The lowest BCUT2D eigenvalue weighted by Crippen LogP contribution is -2.37. The predicted molar refractivity (Wildman–Crippen MR) is 100 cm³/mol. The van der Waals surface area contributed by atoms with Crippen LogP contribution in [0.1, 0.15) is 65.2 Å². The van der Waals surface area contributed by atoms with Gasteiger partial charge in [0.1, 0.15) is 0 Å². The van der Waals surface area contributed by atoms with E-state index in [1.807, 2.05) is 6.07 Å². The van der Waals surface area contributed by atoms with E-state index >= 15 is 0 Å². The van der Waals surface area contributed by atoms with Gasteiger partial charge in [0.15, 0.2) is 0 Å². The largest absolute Gasteiger partial charge is 0.545 e. The molecule has 3 heteroatoms. The molecule has 2 bridgehead atoms. The average molecular weight is 346 g/mol. The van der Waals surface area contributed by atoms with Crippen molar-refractivity contribution in [3.8, 4) is 0 Å². The highest BCUT2D eigenvalue weighted by atomic mass is 16.4. The van der Waals surface area contributed by atoms with E-state index in [9.17, 15) is 9.90 Å². The van der Waals surface area contributed by atoms with E-state index in [0.29, 0.717) is 23.3 Å².